The van der Waals surface area contributed by atoms with E-state index >= 15 is 0 Å². The van der Waals surface area contributed by atoms with Gasteiger partial charge >= 0.3 is 0 Å². The summed E-state index contributed by atoms with van der Waals surface area (Å²) in [5.41, 5.74) is 0. The molecule has 1 N–H and O–H groups in total. The number of hydrogen-bond donors (Lipinski definition) is 1. The standard InChI is InChI=1S/C16H31N3/c1-14(19-10-3-2-4-11-19)12-18-9-5-6-16(13-18)17-15-7-8-15/h14-17H,2-13H2,1H3. The molecule has 110 valence electrons. The van der Waals surface area contributed by atoms with E-state index in [0.29, 0.717) is 0 Å². The zero-order chi connectivity index (χ0) is 13.1. The summed E-state index contributed by atoms with van der Waals surface area (Å²) in [4.78, 5) is 5.42. The molecule has 2 heterocycles. The Bertz CT molecular complexity index is 271. The quantitative estimate of drug-likeness (QED) is 0.821. The molecule has 0 amide bonds. The molecule has 2 atom stereocenters. The highest BCUT2D eigenvalue weighted by molar-refractivity contribution is 4.88. The minimum Gasteiger partial charge on any atom is -0.310 e. The Kier molecular flexibility index (Phi) is 4.78. The van der Waals surface area contributed by atoms with Gasteiger partial charge in [0.2, 0.25) is 0 Å². The van der Waals surface area contributed by atoms with Gasteiger partial charge in [-0.1, -0.05) is 6.42 Å². The van der Waals surface area contributed by atoms with Crippen molar-refractivity contribution in [3.8, 4) is 0 Å². The Morgan fingerprint density at radius 2 is 1.74 bits per heavy atom. The molecule has 0 aromatic rings. The van der Waals surface area contributed by atoms with Crippen LogP contribution in [0.5, 0.6) is 0 Å². The highest BCUT2D eigenvalue weighted by Gasteiger charge is 2.28. The van der Waals surface area contributed by atoms with E-state index in [1.165, 1.54) is 77.7 Å². The average Bonchev–Trinajstić information content (AvgIpc) is 3.24. The van der Waals surface area contributed by atoms with Crippen LogP contribution in [0.4, 0.5) is 0 Å². The van der Waals surface area contributed by atoms with E-state index in [1.807, 2.05) is 0 Å². The predicted octanol–water partition coefficient (Wildman–Crippen LogP) is 2.08. The molecule has 19 heavy (non-hydrogen) atoms. The third-order valence-corrected chi connectivity index (χ3v) is 5.09. The van der Waals surface area contributed by atoms with Crippen molar-refractivity contribution in [2.24, 2.45) is 0 Å². The van der Waals surface area contributed by atoms with Crippen LogP contribution < -0.4 is 5.32 Å². The molecule has 3 fully saturated rings. The van der Waals surface area contributed by atoms with Crippen molar-refractivity contribution in [2.75, 3.05) is 32.7 Å². The van der Waals surface area contributed by atoms with Gasteiger partial charge in [0.1, 0.15) is 0 Å². The molecule has 2 aliphatic heterocycles. The summed E-state index contributed by atoms with van der Waals surface area (Å²) in [6.45, 7) is 8.99. The number of likely N-dealkylation sites (tertiary alicyclic amines) is 2. The fraction of sp³-hybridized carbons (Fsp3) is 1.00. The van der Waals surface area contributed by atoms with Crippen LogP contribution in [-0.4, -0.2) is 60.6 Å². The van der Waals surface area contributed by atoms with Crippen molar-refractivity contribution in [1.82, 2.24) is 15.1 Å². The van der Waals surface area contributed by atoms with Gasteiger partial charge in [0.15, 0.2) is 0 Å². The van der Waals surface area contributed by atoms with Gasteiger partial charge in [-0.05, 0) is 65.1 Å². The van der Waals surface area contributed by atoms with Gasteiger partial charge in [-0.15, -0.1) is 0 Å². The van der Waals surface area contributed by atoms with Gasteiger partial charge < -0.3 is 10.2 Å². The molecule has 3 nitrogen and oxygen atoms in total. The summed E-state index contributed by atoms with van der Waals surface area (Å²) in [7, 11) is 0. The lowest BCUT2D eigenvalue weighted by Gasteiger charge is -2.39. The maximum Gasteiger partial charge on any atom is 0.0198 e. The average molecular weight is 265 g/mol. The molecule has 0 aromatic carbocycles. The fourth-order valence-corrected chi connectivity index (χ4v) is 3.79. The summed E-state index contributed by atoms with van der Waals surface area (Å²) >= 11 is 0. The van der Waals surface area contributed by atoms with Gasteiger partial charge in [0.25, 0.3) is 0 Å². The highest BCUT2D eigenvalue weighted by atomic mass is 15.2. The van der Waals surface area contributed by atoms with E-state index in [0.717, 1.165) is 18.1 Å². The smallest absolute Gasteiger partial charge is 0.0198 e. The SMILES string of the molecule is CC(CN1CCCC(NC2CC2)C1)N1CCCCC1. The van der Waals surface area contributed by atoms with Crippen LogP contribution in [0.15, 0.2) is 0 Å². The molecule has 0 aromatic heterocycles. The third-order valence-electron chi connectivity index (χ3n) is 5.09. The molecule has 0 spiro atoms. The number of nitrogens with zero attached hydrogens (tertiary/aromatic N) is 2. The number of nitrogens with one attached hydrogen (secondary N) is 1. The van der Waals surface area contributed by atoms with Crippen LogP contribution in [0.25, 0.3) is 0 Å². The molecule has 2 saturated heterocycles. The molecule has 3 aliphatic rings. The van der Waals surface area contributed by atoms with E-state index < -0.39 is 0 Å². The number of hydrogen-bond acceptors (Lipinski definition) is 3. The van der Waals surface area contributed by atoms with Crippen LogP contribution in [0, 0.1) is 0 Å². The molecular weight excluding hydrogens is 234 g/mol. The Labute approximate surface area is 118 Å². The molecule has 1 aliphatic carbocycles. The van der Waals surface area contributed by atoms with Crippen LogP contribution in [0.3, 0.4) is 0 Å². The van der Waals surface area contributed by atoms with E-state index in [1.54, 1.807) is 0 Å². The van der Waals surface area contributed by atoms with Crippen molar-refractivity contribution in [3.05, 3.63) is 0 Å². The Balaban J connectivity index is 1.42. The molecular formula is C16H31N3. The summed E-state index contributed by atoms with van der Waals surface area (Å²) in [6.07, 6.45) is 9.89. The summed E-state index contributed by atoms with van der Waals surface area (Å²) < 4.78 is 0. The largest absolute Gasteiger partial charge is 0.310 e. The third kappa shape index (κ3) is 4.17. The highest BCUT2D eigenvalue weighted by Crippen LogP contribution is 2.22. The van der Waals surface area contributed by atoms with Gasteiger partial charge in [-0.25, -0.2) is 0 Å². The van der Waals surface area contributed by atoms with Crippen LogP contribution in [0.1, 0.15) is 51.9 Å². The first-order valence-corrected chi connectivity index (χ1v) is 8.54. The Morgan fingerprint density at radius 1 is 0.947 bits per heavy atom. The maximum atomic E-state index is 3.82. The minimum atomic E-state index is 0.750. The van der Waals surface area contributed by atoms with Gasteiger partial charge in [0.05, 0.1) is 0 Å². The molecule has 0 radical (unpaired) electrons. The van der Waals surface area contributed by atoms with Gasteiger partial charge in [0, 0.05) is 31.2 Å². The Hall–Kier alpha value is -0.120. The zero-order valence-electron chi connectivity index (χ0n) is 12.6. The normalized spacial score (nSPS) is 32.4. The monoisotopic (exact) mass is 265 g/mol. The van der Waals surface area contributed by atoms with Crippen molar-refractivity contribution in [1.29, 1.82) is 0 Å². The van der Waals surface area contributed by atoms with Crippen LogP contribution in [-0.2, 0) is 0 Å². The van der Waals surface area contributed by atoms with Crippen molar-refractivity contribution >= 4 is 0 Å². The first kappa shape index (κ1) is 13.8. The molecule has 3 rings (SSSR count). The topological polar surface area (TPSA) is 18.5 Å². The molecule has 2 unspecified atom stereocenters. The predicted molar refractivity (Wildman–Crippen MR) is 80.5 cm³/mol. The minimum absolute atomic E-state index is 0.750. The number of rotatable bonds is 5. The van der Waals surface area contributed by atoms with Crippen molar-refractivity contribution in [3.63, 3.8) is 0 Å². The van der Waals surface area contributed by atoms with E-state index in [2.05, 4.69) is 22.0 Å². The lowest BCUT2D eigenvalue weighted by Crippen LogP contribution is -2.51. The molecule has 0 bridgehead atoms. The summed E-state index contributed by atoms with van der Waals surface area (Å²) in [5, 5.41) is 3.82. The molecule has 1 saturated carbocycles. The second-order valence-corrected chi connectivity index (χ2v) is 6.99. The number of piperidine rings is 2. The summed E-state index contributed by atoms with van der Waals surface area (Å²) in [5.74, 6) is 0. The van der Waals surface area contributed by atoms with E-state index in [-0.39, 0.29) is 0 Å². The molecule has 3 heteroatoms. The van der Waals surface area contributed by atoms with E-state index in [4.69, 9.17) is 0 Å². The lowest BCUT2D eigenvalue weighted by molar-refractivity contribution is 0.107. The van der Waals surface area contributed by atoms with E-state index in [9.17, 15) is 0 Å². The fourth-order valence-electron chi connectivity index (χ4n) is 3.79. The second-order valence-electron chi connectivity index (χ2n) is 6.99. The maximum absolute atomic E-state index is 3.82. The van der Waals surface area contributed by atoms with Crippen molar-refractivity contribution < 1.29 is 0 Å². The summed E-state index contributed by atoms with van der Waals surface area (Å²) in [6, 6.07) is 2.39. The van der Waals surface area contributed by atoms with Crippen LogP contribution in [0.2, 0.25) is 0 Å². The lowest BCUT2D eigenvalue weighted by atomic mass is 10.0. The van der Waals surface area contributed by atoms with Crippen LogP contribution >= 0.6 is 0 Å². The first-order chi connectivity index (χ1) is 9.31. The van der Waals surface area contributed by atoms with Gasteiger partial charge in [-0.3, -0.25) is 4.90 Å². The van der Waals surface area contributed by atoms with Gasteiger partial charge in [-0.2, -0.15) is 0 Å². The Morgan fingerprint density at radius 3 is 2.47 bits per heavy atom. The second kappa shape index (κ2) is 6.55. The first-order valence-electron chi connectivity index (χ1n) is 8.54. The zero-order valence-corrected chi connectivity index (χ0v) is 12.6. The van der Waals surface area contributed by atoms with Crippen molar-refractivity contribution in [2.45, 2.75) is 70.0 Å².